The summed E-state index contributed by atoms with van der Waals surface area (Å²) in [6.45, 7) is 0. The molecular formula is C23H13ClN2O3. The van der Waals surface area contributed by atoms with Gasteiger partial charge in [0.25, 0.3) is 0 Å². The lowest BCUT2D eigenvalue weighted by atomic mass is 10.0. The summed E-state index contributed by atoms with van der Waals surface area (Å²) in [6, 6.07) is 21.9. The third kappa shape index (κ3) is 3.02. The molecule has 2 heterocycles. The molecule has 0 fully saturated rings. The number of carbonyl (C=O) groups is 1. The van der Waals surface area contributed by atoms with Crippen molar-refractivity contribution in [2.45, 2.75) is 0 Å². The van der Waals surface area contributed by atoms with Gasteiger partial charge >= 0.3 is 5.97 Å². The van der Waals surface area contributed by atoms with Crippen molar-refractivity contribution in [2.75, 3.05) is 0 Å². The second-order valence-corrected chi connectivity index (χ2v) is 7.07. The molecule has 5 rings (SSSR count). The average Bonchev–Trinajstić information content (AvgIpc) is 3.16. The van der Waals surface area contributed by atoms with Crippen LogP contribution in [0.1, 0.15) is 10.4 Å². The lowest BCUT2D eigenvalue weighted by Crippen LogP contribution is -2.00. The minimum atomic E-state index is -1.03. The molecule has 1 N–H and O–H groups in total. The van der Waals surface area contributed by atoms with E-state index in [-0.39, 0.29) is 5.56 Å². The second kappa shape index (κ2) is 6.72. The zero-order chi connectivity index (χ0) is 20.0. The summed E-state index contributed by atoms with van der Waals surface area (Å²) in [6.07, 6.45) is 0. The molecule has 0 aliphatic heterocycles. The van der Waals surface area contributed by atoms with Gasteiger partial charge in [0.15, 0.2) is 5.76 Å². The van der Waals surface area contributed by atoms with E-state index in [1.807, 2.05) is 48.5 Å². The minimum absolute atomic E-state index is 0.154. The number of benzene rings is 3. The average molecular weight is 401 g/mol. The molecular weight excluding hydrogens is 388 g/mol. The quantitative estimate of drug-likeness (QED) is 0.398. The summed E-state index contributed by atoms with van der Waals surface area (Å²) in [7, 11) is 0. The maximum absolute atomic E-state index is 11.8. The van der Waals surface area contributed by atoms with Gasteiger partial charge in [0.1, 0.15) is 5.52 Å². The predicted octanol–water partition coefficient (Wildman–Crippen LogP) is 6.06. The third-order valence-corrected chi connectivity index (χ3v) is 5.04. The van der Waals surface area contributed by atoms with Crippen LogP contribution < -0.4 is 0 Å². The van der Waals surface area contributed by atoms with Crippen molar-refractivity contribution in [1.82, 2.24) is 10.1 Å². The maximum Gasteiger partial charge on any atom is 0.336 e. The monoisotopic (exact) mass is 400 g/mol. The Balaban J connectivity index is 1.72. The normalized spacial score (nSPS) is 11.2. The van der Waals surface area contributed by atoms with Crippen LogP contribution in [0, 0.1) is 0 Å². The van der Waals surface area contributed by atoms with Gasteiger partial charge in [0.2, 0.25) is 0 Å². The molecule has 0 spiro atoms. The first-order valence-corrected chi connectivity index (χ1v) is 9.27. The fraction of sp³-hybridized carbons (Fsp3) is 0. The summed E-state index contributed by atoms with van der Waals surface area (Å²) < 4.78 is 5.56. The molecule has 0 radical (unpaired) electrons. The standard InChI is InChI=1S/C23H13ClN2O3/c24-15-7-9-19-16(11-15)17(23(27)28)12-21(25-19)14-6-8-20-18(10-14)22(29-26-20)13-4-2-1-3-5-13/h1-12H,(H,27,28). The molecule has 0 unspecified atom stereocenters. The van der Waals surface area contributed by atoms with Crippen molar-refractivity contribution in [3.05, 3.63) is 83.4 Å². The Kier molecular flexibility index (Phi) is 4.03. The Morgan fingerprint density at radius 3 is 2.45 bits per heavy atom. The van der Waals surface area contributed by atoms with Crippen molar-refractivity contribution in [2.24, 2.45) is 0 Å². The second-order valence-electron chi connectivity index (χ2n) is 6.63. The molecule has 6 heteroatoms. The molecule has 2 aromatic heterocycles. The van der Waals surface area contributed by atoms with Gasteiger partial charge in [-0.05, 0) is 36.4 Å². The number of aromatic carboxylic acids is 1. The first-order valence-electron chi connectivity index (χ1n) is 8.89. The van der Waals surface area contributed by atoms with Crippen LogP contribution in [0.5, 0.6) is 0 Å². The summed E-state index contributed by atoms with van der Waals surface area (Å²) >= 11 is 6.04. The number of hydrogen-bond donors (Lipinski definition) is 1. The van der Waals surface area contributed by atoms with E-state index in [0.29, 0.717) is 27.4 Å². The lowest BCUT2D eigenvalue weighted by molar-refractivity contribution is 0.0699. The van der Waals surface area contributed by atoms with Crippen LogP contribution in [0.4, 0.5) is 0 Å². The van der Waals surface area contributed by atoms with Crippen molar-refractivity contribution in [3.8, 4) is 22.6 Å². The maximum atomic E-state index is 11.8. The van der Waals surface area contributed by atoms with Gasteiger partial charge < -0.3 is 9.63 Å². The Labute approximate surface area is 170 Å². The Bertz CT molecular complexity index is 1390. The summed E-state index contributed by atoms with van der Waals surface area (Å²) in [5.74, 6) is -0.370. The van der Waals surface area contributed by atoms with Crippen LogP contribution in [0.3, 0.4) is 0 Å². The largest absolute Gasteiger partial charge is 0.478 e. The van der Waals surface area contributed by atoms with Gasteiger partial charge in [-0.15, -0.1) is 0 Å². The van der Waals surface area contributed by atoms with Crippen LogP contribution >= 0.6 is 11.6 Å². The van der Waals surface area contributed by atoms with E-state index in [1.54, 1.807) is 24.3 Å². The van der Waals surface area contributed by atoms with Gasteiger partial charge in [-0.25, -0.2) is 9.78 Å². The number of nitrogens with zero attached hydrogens (tertiary/aromatic N) is 2. The van der Waals surface area contributed by atoms with Crippen LogP contribution in [-0.4, -0.2) is 21.2 Å². The highest BCUT2D eigenvalue weighted by molar-refractivity contribution is 6.31. The molecule has 0 bridgehead atoms. The molecule has 0 aliphatic carbocycles. The Hall–Kier alpha value is -3.70. The SMILES string of the molecule is O=C(O)c1cc(-c2ccc3noc(-c4ccccc4)c3c2)nc2ccc(Cl)cc12. The Morgan fingerprint density at radius 1 is 0.862 bits per heavy atom. The zero-order valence-corrected chi connectivity index (χ0v) is 15.7. The number of halogens is 1. The Morgan fingerprint density at radius 2 is 1.66 bits per heavy atom. The number of aromatic nitrogens is 2. The predicted molar refractivity (Wildman–Crippen MR) is 112 cm³/mol. The van der Waals surface area contributed by atoms with Crippen molar-refractivity contribution in [3.63, 3.8) is 0 Å². The van der Waals surface area contributed by atoms with E-state index < -0.39 is 5.97 Å². The molecule has 29 heavy (non-hydrogen) atoms. The third-order valence-electron chi connectivity index (χ3n) is 4.81. The molecule has 140 valence electrons. The lowest BCUT2D eigenvalue weighted by Gasteiger charge is -2.08. The molecule has 0 aliphatic rings. The number of carboxylic acids is 1. The first kappa shape index (κ1) is 17.4. The van der Waals surface area contributed by atoms with E-state index >= 15 is 0 Å². The van der Waals surface area contributed by atoms with Crippen LogP contribution in [0.15, 0.2) is 77.3 Å². The van der Waals surface area contributed by atoms with E-state index in [0.717, 1.165) is 22.0 Å². The van der Waals surface area contributed by atoms with Gasteiger partial charge in [0, 0.05) is 21.5 Å². The van der Waals surface area contributed by atoms with Gasteiger partial charge in [0.05, 0.1) is 22.2 Å². The fourth-order valence-corrected chi connectivity index (χ4v) is 3.59. The molecule has 0 amide bonds. The summed E-state index contributed by atoms with van der Waals surface area (Å²) in [5.41, 5.74) is 3.69. The van der Waals surface area contributed by atoms with E-state index in [2.05, 4.69) is 10.1 Å². The molecule has 3 aromatic carbocycles. The molecule has 0 saturated heterocycles. The summed E-state index contributed by atoms with van der Waals surface area (Å²) in [5, 5.41) is 15.6. The van der Waals surface area contributed by atoms with Crippen LogP contribution in [0.2, 0.25) is 5.02 Å². The van der Waals surface area contributed by atoms with E-state index in [9.17, 15) is 9.90 Å². The number of carboxylic acid groups (broad SMARTS) is 1. The number of hydrogen-bond acceptors (Lipinski definition) is 4. The number of fused-ring (bicyclic) bond motifs is 2. The zero-order valence-electron chi connectivity index (χ0n) is 15.0. The van der Waals surface area contributed by atoms with E-state index in [4.69, 9.17) is 16.1 Å². The van der Waals surface area contributed by atoms with Gasteiger partial charge in [-0.2, -0.15) is 0 Å². The number of pyridine rings is 1. The smallest absolute Gasteiger partial charge is 0.336 e. The molecule has 0 atom stereocenters. The molecule has 5 aromatic rings. The van der Waals surface area contributed by atoms with Gasteiger partial charge in [-0.3, -0.25) is 0 Å². The van der Waals surface area contributed by atoms with Gasteiger partial charge in [-0.1, -0.05) is 53.2 Å². The van der Waals surface area contributed by atoms with Crippen molar-refractivity contribution in [1.29, 1.82) is 0 Å². The topological polar surface area (TPSA) is 76.2 Å². The minimum Gasteiger partial charge on any atom is -0.478 e. The summed E-state index contributed by atoms with van der Waals surface area (Å²) in [4.78, 5) is 16.5. The van der Waals surface area contributed by atoms with Crippen LogP contribution in [0.25, 0.3) is 44.4 Å². The number of rotatable bonds is 3. The fourth-order valence-electron chi connectivity index (χ4n) is 3.42. The molecule has 0 saturated carbocycles. The van der Waals surface area contributed by atoms with Crippen molar-refractivity contribution >= 4 is 39.4 Å². The first-order chi connectivity index (χ1) is 14.1. The highest BCUT2D eigenvalue weighted by atomic mass is 35.5. The highest BCUT2D eigenvalue weighted by Crippen LogP contribution is 2.33. The van der Waals surface area contributed by atoms with Crippen molar-refractivity contribution < 1.29 is 14.4 Å². The molecule has 5 nitrogen and oxygen atoms in total. The van der Waals surface area contributed by atoms with E-state index in [1.165, 1.54) is 0 Å². The highest BCUT2D eigenvalue weighted by Gasteiger charge is 2.16. The van der Waals surface area contributed by atoms with Crippen LogP contribution in [-0.2, 0) is 0 Å².